The van der Waals surface area contributed by atoms with E-state index in [1.54, 1.807) is 19.2 Å². The molecule has 0 aliphatic rings. The van der Waals surface area contributed by atoms with Crippen LogP contribution in [0.5, 0.6) is 0 Å². The van der Waals surface area contributed by atoms with Gasteiger partial charge in [0.25, 0.3) is 5.69 Å². The number of anilines is 1. The topological polar surface area (TPSA) is 78.6 Å². The second-order valence-corrected chi connectivity index (χ2v) is 3.95. The molecule has 0 aliphatic carbocycles. The monoisotopic (exact) mass is 253 g/mol. The average Bonchev–Trinajstić information content (AvgIpc) is 2.37. The van der Waals surface area contributed by atoms with E-state index in [0.717, 1.165) is 12.1 Å². The quantitative estimate of drug-likeness (QED) is 0.568. The van der Waals surface area contributed by atoms with Crippen molar-refractivity contribution in [1.29, 1.82) is 0 Å². The van der Waals surface area contributed by atoms with Crippen LogP contribution in [0.15, 0.2) is 18.2 Å². The first-order chi connectivity index (χ1) is 8.62. The van der Waals surface area contributed by atoms with Crippen LogP contribution in [0.4, 0.5) is 11.4 Å². The van der Waals surface area contributed by atoms with E-state index in [1.165, 1.54) is 6.07 Å². The average molecular weight is 253 g/mol. The van der Waals surface area contributed by atoms with Gasteiger partial charge >= 0.3 is 0 Å². The molecule has 0 radical (unpaired) electrons. The third-order valence-electron chi connectivity index (χ3n) is 2.80. The summed E-state index contributed by atoms with van der Waals surface area (Å²) >= 11 is 0. The van der Waals surface area contributed by atoms with Crippen LogP contribution < -0.4 is 5.32 Å². The van der Waals surface area contributed by atoms with E-state index in [4.69, 9.17) is 5.11 Å². The highest BCUT2D eigenvalue weighted by molar-refractivity contribution is 5.62. The minimum atomic E-state index is -0.402. The van der Waals surface area contributed by atoms with Crippen LogP contribution in [0.3, 0.4) is 0 Å². The Morgan fingerprint density at radius 1 is 1.50 bits per heavy atom. The summed E-state index contributed by atoms with van der Waals surface area (Å²) in [5.41, 5.74) is 1.57. The Morgan fingerprint density at radius 2 is 2.22 bits per heavy atom. The zero-order valence-corrected chi connectivity index (χ0v) is 10.7. The lowest BCUT2D eigenvalue weighted by Gasteiger charge is -2.19. The van der Waals surface area contributed by atoms with Gasteiger partial charge in [-0.2, -0.15) is 0 Å². The van der Waals surface area contributed by atoms with Gasteiger partial charge in [0.1, 0.15) is 5.69 Å². The van der Waals surface area contributed by atoms with Crippen LogP contribution in [0.25, 0.3) is 0 Å². The van der Waals surface area contributed by atoms with Crippen molar-refractivity contribution in [3.8, 4) is 0 Å². The summed E-state index contributed by atoms with van der Waals surface area (Å²) in [6.45, 7) is 4.22. The fourth-order valence-electron chi connectivity index (χ4n) is 1.79. The summed E-state index contributed by atoms with van der Waals surface area (Å²) < 4.78 is 0. The summed E-state index contributed by atoms with van der Waals surface area (Å²) in [4.78, 5) is 12.5. The zero-order chi connectivity index (χ0) is 13.5. The second kappa shape index (κ2) is 6.93. The number of rotatable bonds is 7. The van der Waals surface area contributed by atoms with Gasteiger partial charge in [0, 0.05) is 26.2 Å². The summed E-state index contributed by atoms with van der Waals surface area (Å²) in [6.07, 6.45) is 0. The molecule has 0 heterocycles. The standard InChI is InChI=1S/C12H19N3O3/c1-3-14(6-7-16)9-10-4-5-12(15(17)18)11(8-10)13-2/h4-5,8,13,16H,3,6-7,9H2,1-2H3. The predicted octanol–water partition coefficient (Wildman–Crippen LogP) is 1.45. The molecule has 1 aromatic rings. The molecule has 0 aliphatic heterocycles. The molecule has 2 N–H and O–H groups in total. The Kier molecular flexibility index (Phi) is 5.54. The van der Waals surface area contributed by atoms with Gasteiger partial charge in [-0.15, -0.1) is 0 Å². The number of aliphatic hydroxyl groups is 1. The normalized spacial score (nSPS) is 10.7. The van der Waals surface area contributed by atoms with E-state index in [2.05, 4.69) is 10.2 Å². The van der Waals surface area contributed by atoms with Crippen LogP contribution in [0.2, 0.25) is 0 Å². The molecule has 1 rings (SSSR count). The van der Waals surface area contributed by atoms with Crippen molar-refractivity contribution < 1.29 is 10.0 Å². The van der Waals surface area contributed by atoms with E-state index in [1.807, 2.05) is 6.92 Å². The van der Waals surface area contributed by atoms with Crippen molar-refractivity contribution in [2.75, 3.05) is 32.1 Å². The van der Waals surface area contributed by atoms with E-state index < -0.39 is 4.92 Å². The van der Waals surface area contributed by atoms with Gasteiger partial charge in [0.05, 0.1) is 11.5 Å². The van der Waals surface area contributed by atoms with Gasteiger partial charge in [-0.25, -0.2) is 0 Å². The molecule has 0 unspecified atom stereocenters. The van der Waals surface area contributed by atoms with Crippen molar-refractivity contribution in [2.24, 2.45) is 0 Å². The summed E-state index contributed by atoms with van der Waals surface area (Å²) in [6, 6.07) is 5.03. The fraction of sp³-hybridized carbons (Fsp3) is 0.500. The van der Waals surface area contributed by atoms with Crippen LogP contribution in [0.1, 0.15) is 12.5 Å². The maximum atomic E-state index is 10.8. The minimum Gasteiger partial charge on any atom is -0.395 e. The lowest BCUT2D eigenvalue weighted by Crippen LogP contribution is -2.26. The number of nitro benzene ring substituents is 1. The van der Waals surface area contributed by atoms with Crippen molar-refractivity contribution in [1.82, 2.24) is 4.90 Å². The maximum Gasteiger partial charge on any atom is 0.292 e. The molecule has 6 heteroatoms. The van der Waals surface area contributed by atoms with Crippen molar-refractivity contribution >= 4 is 11.4 Å². The van der Waals surface area contributed by atoms with Crippen molar-refractivity contribution in [3.63, 3.8) is 0 Å². The number of likely N-dealkylation sites (N-methyl/N-ethyl adjacent to an activating group) is 1. The molecule has 0 amide bonds. The molecule has 0 saturated heterocycles. The molecule has 1 aromatic carbocycles. The number of aliphatic hydroxyl groups excluding tert-OH is 1. The number of benzene rings is 1. The van der Waals surface area contributed by atoms with E-state index >= 15 is 0 Å². The second-order valence-electron chi connectivity index (χ2n) is 3.95. The molecule has 0 spiro atoms. The molecular weight excluding hydrogens is 234 g/mol. The van der Waals surface area contributed by atoms with Gasteiger partial charge in [0.2, 0.25) is 0 Å². The fourth-order valence-corrected chi connectivity index (χ4v) is 1.79. The molecule has 100 valence electrons. The molecule has 0 saturated carbocycles. The first-order valence-corrected chi connectivity index (χ1v) is 5.90. The van der Waals surface area contributed by atoms with E-state index in [-0.39, 0.29) is 12.3 Å². The molecule has 0 fully saturated rings. The predicted molar refractivity (Wildman–Crippen MR) is 70.7 cm³/mol. The van der Waals surface area contributed by atoms with Crippen LogP contribution in [0, 0.1) is 10.1 Å². The Bertz CT molecular complexity index is 410. The number of hydrogen-bond acceptors (Lipinski definition) is 5. The smallest absolute Gasteiger partial charge is 0.292 e. The third kappa shape index (κ3) is 3.68. The largest absolute Gasteiger partial charge is 0.395 e. The highest BCUT2D eigenvalue weighted by Crippen LogP contribution is 2.25. The molecule has 0 atom stereocenters. The highest BCUT2D eigenvalue weighted by Gasteiger charge is 2.13. The van der Waals surface area contributed by atoms with Crippen molar-refractivity contribution in [2.45, 2.75) is 13.5 Å². The maximum absolute atomic E-state index is 10.8. The van der Waals surface area contributed by atoms with Gasteiger partial charge in [0.15, 0.2) is 0 Å². The first-order valence-electron chi connectivity index (χ1n) is 5.90. The van der Waals surface area contributed by atoms with Gasteiger partial charge in [-0.05, 0) is 18.2 Å². The van der Waals surface area contributed by atoms with Gasteiger partial charge < -0.3 is 10.4 Å². The summed E-state index contributed by atoms with van der Waals surface area (Å²) in [5.74, 6) is 0. The number of hydrogen-bond donors (Lipinski definition) is 2. The van der Waals surface area contributed by atoms with E-state index in [0.29, 0.717) is 18.8 Å². The lowest BCUT2D eigenvalue weighted by molar-refractivity contribution is -0.384. The van der Waals surface area contributed by atoms with Crippen LogP contribution in [-0.4, -0.2) is 41.7 Å². The van der Waals surface area contributed by atoms with E-state index in [9.17, 15) is 10.1 Å². The Hall–Kier alpha value is -1.66. The van der Waals surface area contributed by atoms with Crippen molar-refractivity contribution in [3.05, 3.63) is 33.9 Å². The lowest BCUT2D eigenvalue weighted by atomic mass is 10.1. The molecule has 6 nitrogen and oxygen atoms in total. The number of nitrogens with zero attached hydrogens (tertiary/aromatic N) is 2. The Balaban J connectivity index is 2.88. The third-order valence-corrected chi connectivity index (χ3v) is 2.80. The zero-order valence-electron chi connectivity index (χ0n) is 10.7. The highest BCUT2D eigenvalue weighted by atomic mass is 16.6. The van der Waals surface area contributed by atoms with Crippen LogP contribution in [-0.2, 0) is 6.54 Å². The number of nitro groups is 1. The molecular formula is C12H19N3O3. The van der Waals surface area contributed by atoms with Gasteiger partial charge in [-0.3, -0.25) is 15.0 Å². The molecule has 0 aromatic heterocycles. The van der Waals surface area contributed by atoms with Gasteiger partial charge in [-0.1, -0.05) is 13.0 Å². The first kappa shape index (κ1) is 14.4. The molecule has 0 bridgehead atoms. The number of nitrogens with one attached hydrogen (secondary N) is 1. The Labute approximate surface area is 106 Å². The summed E-state index contributed by atoms with van der Waals surface area (Å²) in [5, 5.41) is 22.5. The Morgan fingerprint density at radius 3 is 2.72 bits per heavy atom. The minimum absolute atomic E-state index is 0.0754. The summed E-state index contributed by atoms with van der Waals surface area (Å²) in [7, 11) is 1.66. The van der Waals surface area contributed by atoms with Crippen LogP contribution >= 0.6 is 0 Å². The molecule has 18 heavy (non-hydrogen) atoms. The SMILES string of the molecule is CCN(CCO)Cc1ccc([N+](=O)[O-])c(NC)c1.